The molecule has 1 aliphatic rings. The number of aryl methyl sites for hydroxylation is 2. The molecule has 2 aromatic rings. The molecule has 1 atom stereocenters. The van der Waals surface area contributed by atoms with Crippen molar-refractivity contribution in [2.75, 3.05) is 4.90 Å². The van der Waals surface area contributed by atoms with Gasteiger partial charge in [-0.3, -0.25) is 0 Å². The van der Waals surface area contributed by atoms with Crippen molar-refractivity contribution >= 4 is 5.69 Å². The van der Waals surface area contributed by atoms with Crippen LogP contribution in [-0.4, -0.2) is 6.04 Å². The first-order valence-electron chi connectivity index (χ1n) is 7.53. The smallest absolute Gasteiger partial charge is 0.0991 e. The molecular formula is C19H20N2. The van der Waals surface area contributed by atoms with Gasteiger partial charge in [0, 0.05) is 18.3 Å². The average Bonchev–Trinajstić information content (AvgIpc) is 2.51. The van der Waals surface area contributed by atoms with E-state index in [1.165, 1.54) is 35.2 Å². The molecule has 106 valence electrons. The maximum atomic E-state index is 8.99. The van der Waals surface area contributed by atoms with Gasteiger partial charge in [-0.15, -0.1) is 0 Å². The lowest BCUT2D eigenvalue weighted by Crippen LogP contribution is -2.36. The molecule has 0 fully saturated rings. The molecule has 0 radical (unpaired) electrons. The molecule has 1 heterocycles. The van der Waals surface area contributed by atoms with Gasteiger partial charge in [0.25, 0.3) is 0 Å². The molecule has 2 nitrogen and oxygen atoms in total. The Labute approximate surface area is 126 Å². The molecule has 1 unspecified atom stereocenters. The highest BCUT2D eigenvalue weighted by molar-refractivity contribution is 5.57. The zero-order valence-corrected chi connectivity index (χ0v) is 12.6. The van der Waals surface area contributed by atoms with Crippen molar-refractivity contribution in [3.05, 3.63) is 64.7 Å². The van der Waals surface area contributed by atoms with Crippen LogP contribution in [0.5, 0.6) is 0 Å². The summed E-state index contributed by atoms with van der Waals surface area (Å²) in [6.45, 7) is 5.31. The summed E-state index contributed by atoms with van der Waals surface area (Å²) in [7, 11) is 0. The second-order valence-corrected chi connectivity index (χ2v) is 5.90. The van der Waals surface area contributed by atoms with Crippen LogP contribution in [0.25, 0.3) is 0 Å². The number of hydrogen-bond acceptors (Lipinski definition) is 2. The van der Waals surface area contributed by atoms with E-state index in [9.17, 15) is 0 Å². The summed E-state index contributed by atoms with van der Waals surface area (Å²) in [6.07, 6.45) is 2.37. The van der Waals surface area contributed by atoms with E-state index >= 15 is 0 Å². The average molecular weight is 276 g/mol. The Bertz CT molecular complexity index is 697. The van der Waals surface area contributed by atoms with Gasteiger partial charge in [-0.05, 0) is 61.6 Å². The molecular weight excluding hydrogens is 256 g/mol. The summed E-state index contributed by atoms with van der Waals surface area (Å²) >= 11 is 0. The normalized spacial score (nSPS) is 17.2. The van der Waals surface area contributed by atoms with E-state index in [0.29, 0.717) is 6.04 Å². The van der Waals surface area contributed by atoms with E-state index < -0.39 is 0 Å². The van der Waals surface area contributed by atoms with Crippen LogP contribution in [0.4, 0.5) is 5.69 Å². The van der Waals surface area contributed by atoms with Gasteiger partial charge in [0.1, 0.15) is 0 Å². The number of nitrogens with zero attached hydrogens (tertiary/aromatic N) is 2. The van der Waals surface area contributed by atoms with E-state index in [1.807, 2.05) is 12.1 Å². The minimum absolute atomic E-state index is 0.551. The predicted molar refractivity (Wildman–Crippen MR) is 86.3 cm³/mol. The standard InChI is InChI=1S/C19H20N2/c1-14-11-16(12-20)8-10-18(14)13-21-15(2)7-9-17-5-3-4-6-19(17)21/h3-6,8,10-11,15H,7,9,13H2,1-2H3. The number of fused-ring (bicyclic) bond motifs is 1. The number of benzene rings is 2. The number of rotatable bonds is 2. The second-order valence-electron chi connectivity index (χ2n) is 5.90. The summed E-state index contributed by atoms with van der Waals surface area (Å²) in [5, 5.41) is 8.99. The fourth-order valence-electron chi connectivity index (χ4n) is 3.13. The molecule has 0 saturated carbocycles. The van der Waals surface area contributed by atoms with Gasteiger partial charge in [-0.25, -0.2) is 0 Å². The second kappa shape index (κ2) is 5.61. The molecule has 2 heteroatoms. The lowest BCUT2D eigenvalue weighted by atomic mass is 9.95. The quantitative estimate of drug-likeness (QED) is 0.821. The number of anilines is 1. The summed E-state index contributed by atoms with van der Waals surface area (Å²) in [6, 6.07) is 17.5. The van der Waals surface area contributed by atoms with Crippen molar-refractivity contribution in [1.29, 1.82) is 5.26 Å². The van der Waals surface area contributed by atoms with Crippen molar-refractivity contribution in [3.8, 4) is 6.07 Å². The first kappa shape index (κ1) is 13.7. The van der Waals surface area contributed by atoms with Crippen LogP contribution in [0.2, 0.25) is 0 Å². The van der Waals surface area contributed by atoms with Crippen LogP contribution in [0.15, 0.2) is 42.5 Å². The molecule has 0 spiro atoms. The van der Waals surface area contributed by atoms with E-state index in [2.05, 4.69) is 55.1 Å². The van der Waals surface area contributed by atoms with Gasteiger partial charge in [-0.2, -0.15) is 5.26 Å². The fourth-order valence-corrected chi connectivity index (χ4v) is 3.13. The van der Waals surface area contributed by atoms with Gasteiger partial charge in [0.15, 0.2) is 0 Å². The Morgan fingerprint density at radius 2 is 2.05 bits per heavy atom. The third kappa shape index (κ3) is 2.64. The van der Waals surface area contributed by atoms with E-state index in [1.54, 1.807) is 0 Å². The van der Waals surface area contributed by atoms with Crippen LogP contribution >= 0.6 is 0 Å². The number of para-hydroxylation sites is 1. The van der Waals surface area contributed by atoms with E-state index in [-0.39, 0.29) is 0 Å². The highest BCUT2D eigenvalue weighted by atomic mass is 15.2. The van der Waals surface area contributed by atoms with E-state index in [0.717, 1.165) is 12.1 Å². The zero-order valence-electron chi connectivity index (χ0n) is 12.6. The Morgan fingerprint density at radius 1 is 1.24 bits per heavy atom. The third-order valence-corrected chi connectivity index (χ3v) is 4.48. The van der Waals surface area contributed by atoms with Crippen molar-refractivity contribution in [2.45, 2.75) is 39.3 Å². The largest absolute Gasteiger partial charge is 0.364 e. The van der Waals surface area contributed by atoms with Crippen LogP contribution in [-0.2, 0) is 13.0 Å². The monoisotopic (exact) mass is 276 g/mol. The van der Waals surface area contributed by atoms with Gasteiger partial charge >= 0.3 is 0 Å². The number of nitriles is 1. The molecule has 2 aromatic carbocycles. The van der Waals surface area contributed by atoms with Gasteiger partial charge < -0.3 is 4.90 Å². The first-order chi connectivity index (χ1) is 10.2. The summed E-state index contributed by atoms with van der Waals surface area (Å²) < 4.78 is 0. The van der Waals surface area contributed by atoms with Crippen molar-refractivity contribution in [3.63, 3.8) is 0 Å². The lowest BCUT2D eigenvalue weighted by Gasteiger charge is -2.37. The summed E-state index contributed by atoms with van der Waals surface area (Å²) in [4.78, 5) is 2.49. The summed E-state index contributed by atoms with van der Waals surface area (Å²) in [5.41, 5.74) is 6.05. The van der Waals surface area contributed by atoms with Gasteiger partial charge in [0.2, 0.25) is 0 Å². The molecule has 0 aliphatic carbocycles. The minimum atomic E-state index is 0.551. The van der Waals surface area contributed by atoms with Gasteiger partial charge in [-0.1, -0.05) is 24.3 Å². The van der Waals surface area contributed by atoms with Crippen LogP contribution in [0.3, 0.4) is 0 Å². The SMILES string of the molecule is Cc1cc(C#N)ccc1CN1c2ccccc2CCC1C. The maximum absolute atomic E-state index is 8.99. The van der Waals surface area contributed by atoms with E-state index in [4.69, 9.17) is 5.26 Å². The van der Waals surface area contributed by atoms with Crippen molar-refractivity contribution in [1.82, 2.24) is 0 Å². The molecule has 0 amide bonds. The van der Waals surface area contributed by atoms with Gasteiger partial charge in [0.05, 0.1) is 11.6 Å². The Balaban J connectivity index is 1.93. The molecule has 21 heavy (non-hydrogen) atoms. The molecule has 0 saturated heterocycles. The predicted octanol–water partition coefficient (Wildman–Crippen LogP) is 4.21. The molecule has 0 bridgehead atoms. The molecule has 0 N–H and O–H groups in total. The molecule has 1 aliphatic heterocycles. The van der Waals surface area contributed by atoms with Crippen LogP contribution < -0.4 is 4.90 Å². The van der Waals surface area contributed by atoms with Crippen molar-refractivity contribution in [2.24, 2.45) is 0 Å². The topological polar surface area (TPSA) is 27.0 Å². The maximum Gasteiger partial charge on any atom is 0.0991 e. The Hall–Kier alpha value is -2.27. The molecule has 0 aromatic heterocycles. The first-order valence-corrected chi connectivity index (χ1v) is 7.53. The summed E-state index contributed by atoms with van der Waals surface area (Å²) in [5.74, 6) is 0. The third-order valence-electron chi connectivity index (χ3n) is 4.48. The Kier molecular flexibility index (Phi) is 3.66. The Morgan fingerprint density at radius 3 is 2.81 bits per heavy atom. The molecule has 3 rings (SSSR count). The number of hydrogen-bond donors (Lipinski definition) is 0. The highest BCUT2D eigenvalue weighted by Crippen LogP contribution is 2.32. The zero-order chi connectivity index (χ0) is 14.8. The van der Waals surface area contributed by atoms with Crippen LogP contribution in [0.1, 0.15) is 35.6 Å². The lowest BCUT2D eigenvalue weighted by molar-refractivity contribution is 0.559. The highest BCUT2D eigenvalue weighted by Gasteiger charge is 2.23. The fraction of sp³-hybridized carbons (Fsp3) is 0.316. The minimum Gasteiger partial charge on any atom is -0.364 e. The van der Waals surface area contributed by atoms with Crippen LogP contribution in [0, 0.1) is 18.3 Å². The van der Waals surface area contributed by atoms with Crippen molar-refractivity contribution < 1.29 is 0 Å².